The van der Waals surface area contributed by atoms with Gasteiger partial charge in [-0.05, 0) is 43.4 Å². The number of ether oxygens (including phenoxy) is 1. The average molecular weight is 283 g/mol. The zero-order chi connectivity index (χ0) is 11.5. The number of rotatable bonds is 4. The first-order valence-electron chi connectivity index (χ1n) is 5.64. The monoisotopic (exact) mass is 282 g/mol. The van der Waals surface area contributed by atoms with Crippen molar-refractivity contribution in [2.75, 3.05) is 6.61 Å². The summed E-state index contributed by atoms with van der Waals surface area (Å²) in [6.45, 7) is 2.30. The number of esters is 1. The lowest BCUT2D eigenvalue weighted by Crippen LogP contribution is -2.17. The van der Waals surface area contributed by atoms with Crippen LogP contribution in [0.25, 0.3) is 0 Å². The molecule has 1 unspecified atom stereocenters. The highest BCUT2D eigenvalue weighted by atomic mass is 79.9. The Morgan fingerprint density at radius 3 is 2.88 bits per heavy atom. The SMILES string of the molecule is CCOC(=O)C(c1cccc(Br)c1)C1CC1. The third-order valence-corrected chi connectivity index (χ3v) is 3.33. The van der Waals surface area contributed by atoms with Gasteiger partial charge < -0.3 is 4.74 Å². The van der Waals surface area contributed by atoms with Crippen molar-refractivity contribution in [3.63, 3.8) is 0 Å². The Morgan fingerprint density at radius 2 is 2.31 bits per heavy atom. The lowest BCUT2D eigenvalue weighted by Gasteiger charge is -2.15. The molecule has 1 aliphatic rings. The average Bonchev–Trinajstić information content (AvgIpc) is 3.03. The van der Waals surface area contributed by atoms with E-state index in [9.17, 15) is 4.79 Å². The lowest BCUT2D eigenvalue weighted by atomic mass is 9.94. The van der Waals surface area contributed by atoms with Crippen molar-refractivity contribution in [2.45, 2.75) is 25.7 Å². The zero-order valence-corrected chi connectivity index (χ0v) is 10.9. The number of halogens is 1. The molecule has 3 heteroatoms. The molecule has 2 nitrogen and oxygen atoms in total. The summed E-state index contributed by atoms with van der Waals surface area (Å²) in [5.41, 5.74) is 1.07. The van der Waals surface area contributed by atoms with Crippen LogP contribution < -0.4 is 0 Å². The van der Waals surface area contributed by atoms with Gasteiger partial charge in [0.1, 0.15) is 0 Å². The molecular weight excluding hydrogens is 268 g/mol. The van der Waals surface area contributed by atoms with Gasteiger partial charge in [-0.3, -0.25) is 4.79 Å². The summed E-state index contributed by atoms with van der Waals surface area (Å²) < 4.78 is 6.16. The molecule has 0 saturated heterocycles. The van der Waals surface area contributed by atoms with Crippen LogP contribution in [0.4, 0.5) is 0 Å². The van der Waals surface area contributed by atoms with Gasteiger partial charge in [0.2, 0.25) is 0 Å². The lowest BCUT2D eigenvalue weighted by molar-refractivity contribution is -0.145. The fourth-order valence-corrected chi connectivity index (χ4v) is 2.38. The Kier molecular flexibility index (Phi) is 3.64. The van der Waals surface area contributed by atoms with E-state index in [-0.39, 0.29) is 11.9 Å². The van der Waals surface area contributed by atoms with Gasteiger partial charge in [0.05, 0.1) is 12.5 Å². The Balaban J connectivity index is 2.22. The van der Waals surface area contributed by atoms with Crippen molar-refractivity contribution in [1.29, 1.82) is 0 Å². The van der Waals surface area contributed by atoms with Gasteiger partial charge in [0, 0.05) is 4.47 Å². The maximum atomic E-state index is 11.9. The summed E-state index contributed by atoms with van der Waals surface area (Å²) in [6, 6.07) is 7.96. The first-order valence-corrected chi connectivity index (χ1v) is 6.43. The fourth-order valence-electron chi connectivity index (χ4n) is 1.96. The molecule has 1 aromatic rings. The molecule has 1 aliphatic carbocycles. The molecule has 0 amide bonds. The topological polar surface area (TPSA) is 26.3 Å². The third-order valence-electron chi connectivity index (χ3n) is 2.84. The first-order chi connectivity index (χ1) is 7.72. The van der Waals surface area contributed by atoms with Gasteiger partial charge in [-0.25, -0.2) is 0 Å². The largest absolute Gasteiger partial charge is 0.466 e. The molecule has 0 heterocycles. The summed E-state index contributed by atoms with van der Waals surface area (Å²) >= 11 is 3.44. The number of hydrogen-bond donors (Lipinski definition) is 0. The molecular formula is C13H15BrO2. The highest BCUT2D eigenvalue weighted by Gasteiger charge is 2.38. The second-order valence-corrected chi connectivity index (χ2v) is 5.04. The number of carbonyl (C=O) groups excluding carboxylic acids is 1. The molecule has 0 radical (unpaired) electrons. The van der Waals surface area contributed by atoms with Gasteiger partial charge in [-0.15, -0.1) is 0 Å². The van der Waals surface area contributed by atoms with E-state index in [0.29, 0.717) is 12.5 Å². The van der Waals surface area contributed by atoms with E-state index in [1.54, 1.807) is 0 Å². The molecule has 0 spiro atoms. The molecule has 1 atom stereocenters. The highest BCUT2D eigenvalue weighted by molar-refractivity contribution is 9.10. The summed E-state index contributed by atoms with van der Waals surface area (Å²) in [7, 11) is 0. The Bertz CT molecular complexity index is 385. The molecule has 16 heavy (non-hydrogen) atoms. The van der Waals surface area contributed by atoms with E-state index < -0.39 is 0 Å². The van der Waals surface area contributed by atoms with Crippen LogP contribution in [-0.2, 0) is 9.53 Å². The van der Waals surface area contributed by atoms with E-state index in [0.717, 1.165) is 22.9 Å². The summed E-state index contributed by atoms with van der Waals surface area (Å²) in [6.07, 6.45) is 2.27. The Morgan fingerprint density at radius 1 is 1.56 bits per heavy atom. The van der Waals surface area contributed by atoms with Gasteiger partial charge >= 0.3 is 5.97 Å². The molecule has 86 valence electrons. The quantitative estimate of drug-likeness (QED) is 0.790. The van der Waals surface area contributed by atoms with Gasteiger partial charge in [0.15, 0.2) is 0 Å². The molecule has 1 fully saturated rings. The molecule has 1 saturated carbocycles. The van der Waals surface area contributed by atoms with Crippen LogP contribution in [0.15, 0.2) is 28.7 Å². The maximum Gasteiger partial charge on any atom is 0.313 e. The molecule has 0 aliphatic heterocycles. The Labute approximate surface area is 104 Å². The summed E-state index contributed by atoms with van der Waals surface area (Å²) in [5, 5.41) is 0. The van der Waals surface area contributed by atoms with Crippen molar-refractivity contribution in [3.05, 3.63) is 34.3 Å². The fraction of sp³-hybridized carbons (Fsp3) is 0.462. The molecule has 0 N–H and O–H groups in total. The number of carbonyl (C=O) groups is 1. The highest BCUT2D eigenvalue weighted by Crippen LogP contribution is 2.43. The van der Waals surface area contributed by atoms with Crippen LogP contribution >= 0.6 is 15.9 Å². The van der Waals surface area contributed by atoms with Gasteiger partial charge in [-0.2, -0.15) is 0 Å². The van der Waals surface area contributed by atoms with E-state index in [1.165, 1.54) is 0 Å². The van der Waals surface area contributed by atoms with Crippen molar-refractivity contribution in [1.82, 2.24) is 0 Å². The van der Waals surface area contributed by atoms with Gasteiger partial charge in [-0.1, -0.05) is 28.1 Å². The van der Waals surface area contributed by atoms with Crippen molar-refractivity contribution < 1.29 is 9.53 Å². The minimum absolute atomic E-state index is 0.0718. The predicted molar refractivity (Wildman–Crippen MR) is 66.2 cm³/mol. The van der Waals surface area contributed by atoms with Gasteiger partial charge in [0.25, 0.3) is 0 Å². The van der Waals surface area contributed by atoms with E-state index in [4.69, 9.17) is 4.74 Å². The van der Waals surface area contributed by atoms with Crippen LogP contribution in [0.3, 0.4) is 0 Å². The number of benzene rings is 1. The summed E-state index contributed by atoms with van der Waals surface area (Å²) in [4.78, 5) is 11.9. The maximum absolute atomic E-state index is 11.9. The Hall–Kier alpha value is -0.830. The molecule has 0 bridgehead atoms. The second-order valence-electron chi connectivity index (χ2n) is 4.12. The van der Waals surface area contributed by atoms with Crippen LogP contribution in [0.5, 0.6) is 0 Å². The van der Waals surface area contributed by atoms with Crippen molar-refractivity contribution in [3.8, 4) is 0 Å². The third kappa shape index (κ3) is 2.64. The first kappa shape index (κ1) is 11.6. The minimum Gasteiger partial charge on any atom is -0.466 e. The minimum atomic E-state index is -0.0805. The van der Waals surface area contributed by atoms with E-state index in [2.05, 4.69) is 15.9 Å². The van der Waals surface area contributed by atoms with Crippen LogP contribution in [0, 0.1) is 5.92 Å². The molecule has 1 aromatic carbocycles. The predicted octanol–water partition coefficient (Wildman–Crippen LogP) is 3.51. The van der Waals surface area contributed by atoms with E-state index in [1.807, 2.05) is 31.2 Å². The zero-order valence-electron chi connectivity index (χ0n) is 9.28. The van der Waals surface area contributed by atoms with Crippen molar-refractivity contribution >= 4 is 21.9 Å². The number of hydrogen-bond acceptors (Lipinski definition) is 2. The molecule has 0 aromatic heterocycles. The second kappa shape index (κ2) is 5.00. The summed E-state index contributed by atoms with van der Waals surface area (Å²) in [5.74, 6) is 0.328. The molecule has 2 rings (SSSR count). The van der Waals surface area contributed by atoms with Crippen LogP contribution in [-0.4, -0.2) is 12.6 Å². The smallest absolute Gasteiger partial charge is 0.313 e. The van der Waals surface area contributed by atoms with Crippen LogP contribution in [0.1, 0.15) is 31.2 Å². The van der Waals surface area contributed by atoms with Crippen molar-refractivity contribution in [2.24, 2.45) is 5.92 Å². The van der Waals surface area contributed by atoms with E-state index >= 15 is 0 Å². The van der Waals surface area contributed by atoms with Crippen LogP contribution in [0.2, 0.25) is 0 Å². The normalized spacial score (nSPS) is 16.9. The standard InChI is InChI=1S/C13H15BrO2/c1-2-16-13(15)12(9-6-7-9)10-4-3-5-11(14)8-10/h3-5,8-9,12H,2,6-7H2,1H3.